The molecule has 0 bridgehead atoms. The van der Waals surface area contributed by atoms with Crippen LogP contribution in [0.1, 0.15) is 25.5 Å². The summed E-state index contributed by atoms with van der Waals surface area (Å²) in [6.07, 6.45) is 8.58. The minimum atomic E-state index is 0.409. The molecule has 1 saturated heterocycles. The molecule has 1 fully saturated rings. The van der Waals surface area contributed by atoms with Gasteiger partial charge in [-0.2, -0.15) is 0 Å². The molecule has 3 aromatic rings. The van der Waals surface area contributed by atoms with Gasteiger partial charge < -0.3 is 10.2 Å². The fourth-order valence-electron chi connectivity index (χ4n) is 3.73. The van der Waals surface area contributed by atoms with Crippen LogP contribution in [0.4, 0.5) is 5.69 Å². The van der Waals surface area contributed by atoms with E-state index in [-0.39, 0.29) is 0 Å². The van der Waals surface area contributed by atoms with E-state index in [1.165, 1.54) is 11.3 Å². The van der Waals surface area contributed by atoms with Crippen LogP contribution in [0.3, 0.4) is 0 Å². The SMILES string of the molecule is CC(Cc1cnccn1)NC1CCN(c2cccc(-c3cscn3)c2)CC1. The number of nitrogens with zero attached hydrogens (tertiary/aromatic N) is 4. The second-order valence-corrected chi connectivity index (χ2v) is 7.87. The summed E-state index contributed by atoms with van der Waals surface area (Å²) in [5, 5.41) is 5.87. The average molecular weight is 380 g/mol. The van der Waals surface area contributed by atoms with Crippen molar-refractivity contribution in [2.75, 3.05) is 18.0 Å². The van der Waals surface area contributed by atoms with Crippen molar-refractivity contribution >= 4 is 17.0 Å². The predicted octanol–water partition coefficient (Wildman–Crippen LogP) is 3.79. The maximum atomic E-state index is 4.43. The molecule has 27 heavy (non-hydrogen) atoms. The maximum Gasteiger partial charge on any atom is 0.0811 e. The van der Waals surface area contributed by atoms with Crippen molar-refractivity contribution in [1.82, 2.24) is 20.3 Å². The second kappa shape index (κ2) is 8.59. The first kappa shape index (κ1) is 18.1. The van der Waals surface area contributed by atoms with Crippen LogP contribution in [0.15, 0.2) is 53.7 Å². The molecular formula is C21H25N5S. The standard InChI is InChI=1S/C21H25N5S/c1-16(11-19-13-22-7-8-23-19)25-18-5-9-26(10-6-18)20-4-2-3-17(12-20)21-14-27-15-24-21/h2-4,7-8,12-16,18,25H,5-6,9-11H2,1H3. The average Bonchev–Trinajstić information content (AvgIpc) is 3.24. The largest absolute Gasteiger partial charge is 0.371 e. The summed E-state index contributed by atoms with van der Waals surface area (Å²) < 4.78 is 0. The molecule has 0 aliphatic carbocycles. The van der Waals surface area contributed by atoms with E-state index in [1.54, 1.807) is 23.7 Å². The monoisotopic (exact) mass is 379 g/mol. The Labute approximate surface area is 164 Å². The van der Waals surface area contributed by atoms with E-state index in [9.17, 15) is 0 Å². The molecular weight excluding hydrogens is 354 g/mol. The van der Waals surface area contributed by atoms with Gasteiger partial charge >= 0.3 is 0 Å². The van der Waals surface area contributed by atoms with Crippen LogP contribution in [-0.4, -0.2) is 40.1 Å². The Bertz CT molecular complexity index is 829. The number of anilines is 1. The quantitative estimate of drug-likeness (QED) is 0.706. The van der Waals surface area contributed by atoms with Gasteiger partial charge in [-0.3, -0.25) is 9.97 Å². The maximum absolute atomic E-state index is 4.43. The molecule has 0 spiro atoms. The molecule has 2 aromatic heterocycles. The zero-order valence-corrected chi connectivity index (χ0v) is 16.4. The van der Waals surface area contributed by atoms with Crippen LogP contribution in [0.5, 0.6) is 0 Å². The van der Waals surface area contributed by atoms with Crippen molar-refractivity contribution in [3.63, 3.8) is 0 Å². The van der Waals surface area contributed by atoms with Gasteiger partial charge in [0, 0.05) is 66.8 Å². The number of hydrogen-bond donors (Lipinski definition) is 1. The molecule has 4 rings (SSSR count). The second-order valence-electron chi connectivity index (χ2n) is 7.15. The smallest absolute Gasteiger partial charge is 0.0811 e. The Morgan fingerprint density at radius 2 is 2.11 bits per heavy atom. The lowest BCUT2D eigenvalue weighted by molar-refractivity contribution is 0.374. The van der Waals surface area contributed by atoms with Gasteiger partial charge in [0.25, 0.3) is 0 Å². The molecule has 3 heterocycles. The van der Waals surface area contributed by atoms with Gasteiger partial charge in [0.1, 0.15) is 0 Å². The van der Waals surface area contributed by atoms with Crippen LogP contribution in [0.25, 0.3) is 11.3 Å². The molecule has 1 aromatic carbocycles. The highest BCUT2D eigenvalue weighted by atomic mass is 32.1. The van der Waals surface area contributed by atoms with Gasteiger partial charge in [-0.1, -0.05) is 12.1 Å². The van der Waals surface area contributed by atoms with Crippen LogP contribution in [-0.2, 0) is 6.42 Å². The van der Waals surface area contributed by atoms with Crippen LogP contribution in [0.2, 0.25) is 0 Å². The van der Waals surface area contributed by atoms with Gasteiger partial charge in [-0.05, 0) is 31.9 Å². The molecule has 0 amide bonds. The highest BCUT2D eigenvalue weighted by molar-refractivity contribution is 7.07. The lowest BCUT2D eigenvalue weighted by Crippen LogP contribution is -2.46. The summed E-state index contributed by atoms with van der Waals surface area (Å²) in [5.41, 5.74) is 6.50. The Kier molecular flexibility index (Phi) is 5.75. The van der Waals surface area contributed by atoms with Gasteiger partial charge in [0.15, 0.2) is 0 Å². The molecule has 0 radical (unpaired) electrons. The van der Waals surface area contributed by atoms with Crippen LogP contribution < -0.4 is 10.2 Å². The number of aromatic nitrogens is 3. The number of thiazole rings is 1. The molecule has 1 aliphatic rings. The highest BCUT2D eigenvalue weighted by Gasteiger charge is 2.21. The molecule has 1 N–H and O–H groups in total. The van der Waals surface area contributed by atoms with Crippen molar-refractivity contribution in [3.05, 3.63) is 59.4 Å². The summed E-state index contributed by atoms with van der Waals surface area (Å²) in [6, 6.07) is 9.72. The molecule has 1 atom stereocenters. The number of hydrogen-bond acceptors (Lipinski definition) is 6. The normalized spacial score (nSPS) is 16.4. The zero-order chi connectivity index (χ0) is 18.5. The highest BCUT2D eigenvalue weighted by Crippen LogP contribution is 2.26. The van der Waals surface area contributed by atoms with E-state index in [1.807, 2.05) is 11.7 Å². The summed E-state index contributed by atoms with van der Waals surface area (Å²) in [5.74, 6) is 0. The molecule has 140 valence electrons. The summed E-state index contributed by atoms with van der Waals surface area (Å²) >= 11 is 1.64. The molecule has 6 heteroatoms. The van der Waals surface area contributed by atoms with Gasteiger partial charge in [-0.15, -0.1) is 11.3 Å². The van der Waals surface area contributed by atoms with E-state index in [4.69, 9.17) is 0 Å². The van der Waals surface area contributed by atoms with Crippen LogP contribution >= 0.6 is 11.3 Å². The summed E-state index contributed by atoms with van der Waals surface area (Å²) in [7, 11) is 0. The minimum Gasteiger partial charge on any atom is -0.371 e. The van der Waals surface area contributed by atoms with Gasteiger partial charge in [0.2, 0.25) is 0 Å². The third-order valence-electron chi connectivity index (χ3n) is 5.09. The first-order valence-corrected chi connectivity index (χ1v) is 10.5. The fourth-order valence-corrected chi connectivity index (χ4v) is 4.29. The van der Waals surface area contributed by atoms with Crippen LogP contribution in [0, 0.1) is 0 Å². The first-order chi connectivity index (χ1) is 13.3. The van der Waals surface area contributed by atoms with Crippen molar-refractivity contribution < 1.29 is 0 Å². The van der Waals surface area contributed by atoms with E-state index < -0.39 is 0 Å². The number of piperidine rings is 1. The third-order valence-corrected chi connectivity index (χ3v) is 5.67. The molecule has 1 unspecified atom stereocenters. The lowest BCUT2D eigenvalue weighted by atomic mass is 10.0. The van der Waals surface area contributed by atoms with E-state index in [0.29, 0.717) is 12.1 Å². The van der Waals surface area contributed by atoms with E-state index in [2.05, 4.69) is 61.7 Å². The number of nitrogens with one attached hydrogen (secondary N) is 1. The first-order valence-electron chi connectivity index (χ1n) is 9.52. The summed E-state index contributed by atoms with van der Waals surface area (Å²) in [4.78, 5) is 15.5. The lowest BCUT2D eigenvalue weighted by Gasteiger charge is -2.35. The summed E-state index contributed by atoms with van der Waals surface area (Å²) in [6.45, 7) is 4.39. The van der Waals surface area contributed by atoms with Gasteiger partial charge in [-0.25, -0.2) is 4.98 Å². The van der Waals surface area contributed by atoms with E-state index in [0.717, 1.165) is 43.7 Å². The van der Waals surface area contributed by atoms with Crippen molar-refractivity contribution in [3.8, 4) is 11.3 Å². The predicted molar refractivity (Wildman–Crippen MR) is 111 cm³/mol. The number of benzene rings is 1. The van der Waals surface area contributed by atoms with Gasteiger partial charge in [0.05, 0.1) is 16.9 Å². The molecule has 0 saturated carbocycles. The van der Waals surface area contributed by atoms with E-state index >= 15 is 0 Å². The zero-order valence-electron chi connectivity index (χ0n) is 15.6. The molecule has 5 nitrogen and oxygen atoms in total. The van der Waals surface area contributed by atoms with Crippen molar-refractivity contribution in [2.24, 2.45) is 0 Å². The molecule has 1 aliphatic heterocycles. The fraction of sp³-hybridized carbons (Fsp3) is 0.381. The van der Waals surface area contributed by atoms with Crippen molar-refractivity contribution in [2.45, 2.75) is 38.3 Å². The number of rotatable bonds is 6. The topological polar surface area (TPSA) is 53.9 Å². The Morgan fingerprint density at radius 3 is 2.85 bits per heavy atom. The third kappa shape index (κ3) is 4.70. The minimum absolute atomic E-state index is 0.409. The Morgan fingerprint density at radius 1 is 1.22 bits per heavy atom. The van der Waals surface area contributed by atoms with Crippen molar-refractivity contribution in [1.29, 1.82) is 0 Å². The Hall–Kier alpha value is -2.31. The Balaban J connectivity index is 1.31.